The minimum atomic E-state index is 0.986. The molecule has 4 nitrogen and oxygen atoms in total. The highest BCUT2D eigenvalue weighted by molar-refractivity contribution is 6.52. The van der Waals surface area contributed by atoms with Crippen molar-refractivity contribution in [1.82, 2.24) is 0 Å². The van der Waals surface area contributed by atoms with Crippen LogP contribution in [-0.2, 0) is 0 Å². The highest BCUT2D eigenvalue weighted by Gasteiger charge is 2.33. The normalized spacial score (nSPS) is 12.6. The van der Waals surface area contributed by atoms with E-state index in [-0.39, 0.29) is 0 Å². The van der Waals surface area contributed by atoms with E-state index in [1.54, 1.807) is 0 Å². The molecule has 19 rings (SSSR count). The van der Waals surface area contributed by atoms with Crippen LogP contribution in [0, 0.1) is 20.9 Å². The first kappa shape index (κ1) is 66.8. The lowest BCUT2D eigenvalue weighted by molar-refractivity contribution is 0.617. The van der Waals surface area contributed by atoms with E-state index >= 15 is 0 Å². The molecule has 2 aliphatic rings. The zero-order valence-corrected chi connectivity index (χ0v) is 63.1. The average Bonchev–Trinajstić information content (AvgIpc) is 1.50. The topological polar surface area (TPSA) is 48.1 Å². The lowest BCUT2D eigenvalue weighted by Gasteiger charge is -2.17. The van der Waals surface area contributed by atoms with Gasteiger partial charge in [0.25, 0.3) is 0 Å². The first-order valence-electron chi connectivity index (χ1n) is 41.7. The van der Waals surface area contributed by atoms with Gasteiger partial charge in [0.15, 0.2) is 0 Å². The summed E-state index contributed by atoms with van der Waals surface area (Å²) in [6.07, 6.45) is 30.9. The molecule has 0 saturated heterocycles. The van der Waals surface area contributed by atoms with Crippen LogP contribution in [0.5, 0.6) is 0 Å². The molecule has 0 spiro atoms. The molecule has 0 heterocycles. The minimum absolute atomic E-state index is 0.986. The van der Waals surface area contributed by atoms with Gasteiger partial charge in [-0.3, -0.25) is 0 Å². The number of unbranched alkanes of at least 4 members (excludes halogenated alkanes) is 20. The lowest BCUT2D eigenvalue weighted by atomic mass is 9.87. The average molecular weight is 1380 g/mol. The monoisotopic (exact) mass is 1380 g/mol. The van der Waals surface area contributed by atoms with Crippen molar-refractivity contribution in [2.45, 2.75) is 182 Å². The number of anilines is 4. The second-order valence-corrected chi connectivity index (χ2v) is 31.9. The Bertz CT molecular complexity index is 6020. The SMILES string of the molecule is CCCCCCCCNc1ccc(NCCCCCCCC)c2c1-c1ccc3c4ccc5c6c(-c7ccccc7)c7c8ccc9c%10ccc%11c%12c(ccc(c%13ccc(c7c(-c7ccccc7)c6c6ccc(c7ccc-2c1c37)c4c56)c8c9%13)c%12%10)=c1c(NCCCCCCCC)ccc(NCCCCCCCC)c1=%11. The Kier molecular flexibility index (Phi) is 17.9. The number of rotatable bonds is 34. The molecule has 0 saturated carbocycles. The molecule has 0 aromatic heterocycles. The molecule has 0 unspecified atom stereocenters. The summed E-state index contributed by atoms with van der Waals surface area (Å²) in [6.45, 7) is 13.2. The fraction of sp³-hybridized carbons (Fsp3) is 0.314. The molecule has 17 aromatic rings. The third-order valence-corrected chi connectivity index (χ3v) is 25.4. The van der Waals surface area contributed by atoms with E-state index in [9.17, 15) is 0 Å². The van der Waals surface area contributed by atoms with Gasteiger partial charge in [0.1, 0.15) is 0 Å². The van der Waals surface area contributed by atoms with Crippen molar-refractivity contribution in [3.05, 3.63) is 203 Å². The minimum Gasteiger partial charge on any atom is -0.385 e. The Morgan fingerprint density at radius 2 is 0.443 bits per heavy atom. The summed E-state index contributed by atoms with van der Waals surface area (Å²) >= 11 is 0. The van der Waals surface area contributed by atoms with Gasteiger partial charge in [-0.05, 0) is 223 Å². The highest BCUT2D eigenvalue weighted by atomic mass is 14.9. The largest absolute Gasteiger partial charge is 0.385 e. The maximum Gasteiger partial charge on any atom is 0.0427 e. The summed E-state index contributed by atoms with van der Waals surface area (Å²) in [7, 11) is 0. The van der Waals surface area contributed by atoms with Crippen LogP contribution in [-0.4, -0.2) is 26.2 Å². The molecule has 2 aliphatic carbocycles. The molecular formula is C102H102N4. The number of fused-ring (bicyclic) bond motifs is 14. The van der Waals surface area contributed by atoms with E-state index in [4.69, 9.17) is 0 Å². The Morgan fingerprint density at radius 1 is 0.189 bits per heavy atom. The zero-order chi connectivity index (χ0) is 70.9. The van der Waals surface area contributed by atoms with Crippen LogP contribution in [0.15, 0.2) is 182 Å². The predicted octanol–water partition coefficient (Wildman–Crippen LogP) is 30.2. The number of nitrogens with one attached hydrogen (secondary N) is 4. The van der Waals surface area contributed by atoms with Crippen LogP contribution in [0.3, 0.4) is 0 Å². The van der Waals surface area contributed by atoms with Crippen LogP contribution in [0.1, 0.15) is 182 Å². The molecule has 17 aromatic carbocycles. The van der Waals surface area contributed by atoms with Crippen LogP contribution in [0.25, 0.3) is 174 Å². The van der Waals surface area contributed by atoms with Crippen LogP contribution in [0.4, 0.5) is 22.7 Å². The molecule has 0 radical (unpaired) electrons. The van der Waals surface area contributed by atoms with E-state index in [2.05, 4.69) is 231 Å². The molecule has 0 aliphatic heterocycles. The Labute approximate surface area is 624 Å². The molecule has 0 fully saturated rings. The third kappa shape index (κ3) is 10.7. The predicted molar refractivity (Wildman–Crippen MR) is 466 cm³/mol. The summed E-state index contributed by atoms with van der Waals surface area (Å²) in [5.41, 5.74) is 15.7. The second-order valence-electron chi connectivity index (χ2n) is 31.9. The van der Waals surface area contributed by atoms with Gasteiger partial charge in [-0.25, -0.2) is 0 Å². The van der Waals surface area contributed by atoms with Crippen LogP contribution < -0.4 is 21.3 Å². The van der Waals surface area contributed by atoms with Crippen molar-refractivity contribution in [2.24, 2.45) is 0 Å². The lowest BCUT2D eigenvalue weighted by Crippen LogP contribution is -2.06. The molecule has 106 heavy (non-hydrogen) atoms. The van der Waals surface area contributed by atoms with Gasteiger partial charge >= 0.3 is 0 Å². The van der Waals surface area contributed by atoms with E-state index < -0.39 is 0 Å². The molecule has 0 amide bonds. The molecular weight excluding hydrogens is 1280 g/mol. The first-order valence-corrected chi connectivity index (χ1v) is 41.7. The first-order chi connectivity index (χ1) is 52.6. The Balaban J connectivity index is 0.807. The summed E-state index contributed by atoms with van der Waals surface area (Å²) < 4.78 is 0. The maximum absolute atomic E-state index is 4.03. The van der Waals surface area contributed by atoms with Gasteiger partial charge < -0.3 is 21.3 Å². The standard InChI is InChI=1S/C102H102N4/c1-5-9-13-17-21-31-59-103-81-55-56-82(104-60-32-22-18-14-10-6-2)96-74-48-40-66-70-44-52-78-93-77(51-43-69(89(70)93)65-39-47-73(95(81)96)91(74)87(65)66)99-85(63-35-27-25-28-36-63)101-79-53-45-71-67-41-49-75-92-76(98-84(106-62-34-24-20-16-12-8-4)58-57-83(97(75)98)105-61-33-23-19-15-11-7-3)50-42-68(88(67)92)72-46-54-80(94(79)90(71)72)102(101)86(100(78)99)64-37-29-26-30-38-64/h25-30,35-58,103-106H,5-24,31-34,59-62H2,1-4H3. The Morgan fingerprint density at radius 3 is 0.783 bits per heavy atom. The summed E-state index contributed by atoms with van der Waals surface area (Å²) in [5.74, 6) is 0. The summed E-state index contributed by atoms with van der Waals surface area (Å²) in [5, 5.41) is 54.2. The second kappa shape index (κ2) is 28.4. The number of hydrogen-bond donors (Lipinski definition) is 4. The van der Waals surface area contributed by atoms with Crippen molar-refractivity contribution in [2.75, 3.05) is 47.4 Å². The maximum atomic E-state index is 4.03. The number of hydrogen-bond acceptors (Lipinski definition) is 4. The van der Waals surface area contributed by atoms with Crippen molar-refractivity contribution in [1.29, 1.82) is 0 Å². The molecule has 4 heteroatoms. The van der Waals surface area contributed by atoms with Crippen molar-refractivity contribution in [3.8, 4) is 44.5 Å². The molecule has 4 N–H and O–H groups in total. The van der Waals surface area contributed by atoms with Gasteiger partial charge in [0.2, 0.25) is 0 Å². The van der Waals surface area contributed by atoms with E-state index in [0.717, 1.165) is 26.2 Å². The fourth-order valence-corrected chi connectivity index (χ4v) is 20.5. The van der Waals surface area contributed by atoms with Gasteiger partial charge in [-0.1, -0.05) is 314 Å². The summed E-state index contributed by atoms with van der Waals surface area (Å²) in [6, 6.07) is 72.7. The molecule has 0 atom stereocenters. The fourth-order valence-electron chi connectivity index (χ4n) is 20.5. The Hall–Kier alpha value is -9.90. The van der Waals surface area contributed by atoms with Gasteiger partial charge in [-0.2, -0.15) is 0 Å². The molecule has 0 bridgehead atoms. The number of benzene rings is 15. The van der Waals surface area contributed by atoms with Gasteiger partial charge in [-0.15, -0.1) is 0 Å². The highest BCUT2D eigenvalue weighted by Crippen LogP contribution is 2.61. The van der Waals surface area contributed by atoms with E-state index in [1.807, 2.05) is 0 Å². The quantitative estimate of drug-likeness (QED) is 0.0184. The van der Waals surface area contributed by atoms with Crippen molar-refractivity contribution >= 4 is 152 Å². The van der Waals surface area contributed by atoms with Crippen molar-refractivity contribution < 1.29 is 0 Å². The van der Waals surface area contributed by atoms with Crippen LogP contribution >= 0.6 is 0 Å². The van der Waals surface area contributed by atoms with Gasteiger partial charge in [0, 0.05) is 70.5 Å². The smallest absolute Gasteiger partial charge is 0.0427 e. The van der Waals surface area contributed by atoms with E-state index in [1.165, 1.54) is 372 Å². The van der Waals surface area contributed by atoms with Gasteiger partial charge in [0.05, 0.1) is 0 Å². The third-order valence-electron chi connectivity index (χ3n) is 25.4. The van der Waals surface area contributed by atoms with Crippen molar-refractivity contribution in [3.63, 3.8) is 0 Å². The summed E-state index contributed by atoms with van der Waals surface area (Å²) in [4.78, 5) is 0. The molecule has 530 valence electrons. The van der Waals surface area contributed by atoms with Crippen LogP contribution in [0.2, 0.25) is 0 Å². The van der Waals surface area contributed by atoms with E-state index in [0.29, 0.717) is 0 Å². The zero-order valence-electron chi connectivity index (χ0n) is 63.1.